The van der Waals surface area contributed by atoms with Crippen molar-refractivity contribution in [2.24, 2.45) is 0 Å². The van der Waals surface area contributed by atoms with Crippen LogP contribution in [0, 0.1) is 0 Å². The van der Waals surface area contributed by atoms with Crippen LogP contribution in [-0.2, 0) is 9.84 Å². The van der Waals surface area contributed by atoms with Crippen LogP contribution in [0.3, 0.4) is 0 Å². The van der Waals surface area contributed by atoms with E-state index in [1.807, 2.05) is 19.1 Å². The highest BCUT2D eigenvalue weighted by molar-refractivity contribution is 7.91. The van der Waals surface area contributed by atoms with Crippen LogP contribution in [0.15, 0.2) is 24.3 Å². The van der Waals surface area contributed by atoms with E-state index >= 15 is 0 Å². The highest BCUT2D eigenvalue weighted by atomic mass is 32.2. The Bertz CT molecular complexity index is 465. The smallest absolute Gasteiger partial charge is 0.150 e. The fourth-order valence-electron chi connectivity index (χ4n) is 1.64. The lowest BCUT2D eigenvalue weighted by atomic mass is 10.1. The zero-order valence-electron chi connectivity index (χ0n) is 11.5. The predicted molar refractivity (Wildman–Crippen MR) is 76.1 cm³/mol. The molecule has 0 aliphatic rings. The minimum absolute atomic E-state index is 0.163. The second kappa shape index (κ2) is 7.50. The van der Waals surface area contributed by atoms with Crippen molar-refractivity contribution in [3.05, 3.63) is 29.8 Å². The minimum Gasteiger partial charge on any atom is -0.494 e. The topological polar surface area (TPSA) is 63.6 Å². The molecule has 0 amide bonds. The Labute approximate surface area is 115 Å². The average molecular weight is 286 g/mol. The van der Waals surface area contributed by atoms with Gasteiger partial charge < -0.3 is 9.84 Å². The first kappa shape index (κ1) is 16.0. The largest absolute Gasteiger partial charge is 0.494 e. The first-order valence-electron chi connectivity index (χ1n) is 6.59. The average Bonchev–Trinajstić information content (AvgIpc) is 2.43. The number of ether oxygens (including phenoxy) is 1. The molecule has 4 nitrogen and oxygen atoms in total. The van der Waals surface area contributed by atoms with Gasteiger partial charge in [0, 0.05) is 5.75 Å². The van der Waals surface area contributed by atoms with E-state index in [2.05, 4.69) is 0 Å². The third-order valence-electron chi connectivity index (χ3n) is 2.96. The first-order valence-corrected chi connectivity index (χ1v) is 8.42. The Balaban J connectivity index is 2.38. The Hall–Kier alpha value is -1.07. The normalized spacial score (nSPS) is 13.2. The van der Waals surface area contributed by atoms with Crippen LogP contribution in [-0.4, -0.2) is 31.6 Å². The van der Waals surface area contributed by atoms with Crippen LogP contribution in [0.2, 0.25) is 0 Å². The maximum absolute atomic E-state index is 11.3. The summed E-state index contributed by atoms with van der Waals surface area (Å²) in [6.45, 7) is 3.95. The Morgan fingerprint density at radius 2 is 1.84 bits per heavy atom. The van der Waals surface area contributed by atoms with Crippen molar-refractivity contribution >= 4 is 9.84 Å². The number of hydrogen-bond acceptors (Lipinski definition) is 4. The SMILES string of the molecule is CCC(O)c1ccc(OCCCS(=O)(=O)CC)cc1. The summed E-state index contributed by atoms with van der Waals surface area (Å²) in [5.74, 6) is 1.04. The van der Waals surface area contributed by atoms with Gasteiger partial charge in [-0.1, -0.05) is 26.0 Å². The van der Waals surface area contributed by atoms with E-state index in [9.17, 15) is 13.5 Å². The monoisotopic (exact) mass is 286 g/mol. The number of benzene rings is 1. The molecule has 0 aliphatic carbocycles. The summed E-state index contributed by atoms with van der Waals surface area (Å²) < 4.78 is 28.0. The summed E-state index contributed by atoms with van der Waals surface area (Å²) in [6.07, 6.45) is 0.730. The summed E-state index contributed by atoms with van der Waals surface area (Å²) in [5, 5.41) is 9.64. The molecule has 0 saturated heterocycles. The molecule has 0 heterocycles. The van der Waals surface area contributed by atoms with Crippen LogP contribution < -0.4 is 4.74 Å². The third-order valence-corrected chi connectivity index (χ3v) is 4.75. The maximum atomic E-state index is 11.3. The number of hydrogen-bond donors (Lipinski definition) is 1. The van der Waals surface area contributed by atoms with Gasteiger partial charge in [0.25, 0.3) is 0 Å². The molecule has 1 unspecified atom stereocenters. The van der Waals surface area contributed by atoms with Crippen LogP contribution in [0.4, 0.5) is 0 Å². The molecule has 1 aromatic rings. The van der Waals surface area contributed by atoms with Crippen molar-refractivity contribution in [1.29, 1.82) is 0 Å². The van der Waals surface area contributed by atoms with Crippen molar-refractivity contribution in [1.82, 2.24) is 0 Å². The summed E-state index contributed by atoms with van der Waals surface area (Å²) in [7, 11) is -2.91. The second-order valence-electron chi connectivity index (χ2n) is 4.43. The molecule has 19 heavy (non-hydrogen) atoms. The third kappa shape index (κ3) is 5.61. The lowest BCUT2D eigenvalue weighted by Gasteiger charge is -2.10. The molecule has 0 bridgehead atoms. The molecule has 0 fully saturated rings. The molecule has 5 heteroatoms. The van der Waals surface area contributed by atoms with Gasteiger partial charge in [0.15, 0.2) is 0 Å². The van der Waals surface area contributed by atoms with Crippen LogP contribution in [0.1, 0.15) is 38.4 Å². The zero-order valence-corrected chi connectivity index (χ0v) is 12.3. The van der Waals surface area contributed by atoms with Gasteiger partial charge in [-0.2, -0.15) is 0 Å². The van der Waals surface area contributed by atoms with Crippen molar-refractivity contribution in [3.63, 3.8) is 0 Å². The van der Waals surface area contributed by atoms with Gasteiger partial charge in [-0.15, -0.1) is 0 Å². The van der Waals surface area contributed by atoms with Gasteiger partial charge >= 0.3 is 0 Å². The fraction of sp³-hybridized carbons (Fsp3) is 0.571. The van der Waals surface area contributed by atoms with Crippen molar-refractivity contribution in [3.8, 4) is 5.75 Å². The highest BCUT2D eigenvalue weighted by Gasteiger charge is 2.07. The van der Waals surface area contributed by atoms with Gasteiger partial charge in [-0.05, 0) is 30.5 Å². The van der Waals surface area contributed by atoms with E-state index < -0.39 is 15.9 Å². The van der Waals surface area contributed by atoms with Gasteiger partial charge in [0.05, 0.1) is 18.5 Å². The van der Waals surface area contributed by atoms with Crippen LogP contribution in [0.25, 0.3) is 0 Å². The molecule has 0 radical (unpaired) electrons. The van der Waals surface area contributed by atoms with Crippen molar-refractivity contribution in [2.45, 2.75) is 32.8 Å². The standard InChI is InChI=1S/C14H22O4S/c1-3-14(15)12-6-8-13(9-7-12)18-10-5-11-19(16,17)4-2/h6-9,14-15H,3-5,10-11H2,1-2H3. The molecule has 0 saturated carbocycles. The Morgan fingerprint density at radius 3 is 2.37 bits per heavy atom. The van der Waals surface area contributed by atoms with Crippen LogP contribution >= 0.6 is 0 Å². The Morgan fingerprint density at radius 1 is 1.21 bits per heavy atom. The van der Waals surface area contributed by atoms with E-state index in [1.165, 1.54) is 0 Å². The summed E-state index contributed by atoms with van der Waals surface area (Å²) in [6, 6.07) is 7.24. The first-order chi connectivity index (χ1) is 8.98. The Kier molecular flexibility index (Phi) is 6.31. The summed E-state index contributed by atoms with van der Waals surface area (Å²) in [5.41, 5.74) is 0.864. The van der Waals surface area contributed by atoms with E-state index in [1.54, 1.807) is 19.1 Å². The maximum Gasteiger partial charge on any atom is 0.150 e. The molecular weight excluding hydrogens is 264 g/mol. The number of sulfone groups is 1. The van der Waals surface area contributed by atoms with Gasteiger partial charge in [-0.25, -0.2) is 8.42 Å². The molecule has 0 aromatic heterocycles. The predicted octanol–water partition coefficient (Wildman–Crippen LogP) is 2.33. The highest BCUT2D eigenvalue weighted by Crippen LogP contribution is 2.19. The zero-order chi connectivity index (χ0) is 14.3. The van der Waals surface area contributed by atoms with E-state index in [-0.39, 0.29) is 11.5 Å². The number of aliphatic hydroxyl groups is 1. The molecule has 108 valence electrons. The molecular formula is C14H22O4S. The minimum atomic E-state index is -2.91. The quantitative estimate of drug-likeness (QED) is 0.745. The second-order valence-corrected chi connectivity index (χ2v) is 6.90. The summed E-state index contributed by atoms with van der Waals surface area (Å²) in [4.78, 5) is 0. The van der Waals surface area contributed by atoms with Crippen molar-refractivity contribution in [2.75, 3.05) is 18.1 Å². The molecule has 1 aromatic carbocycles. The molecule has 0 spiro atoms. The molecule has 0 aliphatic heterocycles. The lowest BCUT2D eigenvalue weighted by molar-refractivity contribution is 0.173. The fourth-order valence-corrected chi connectivity index (χ4v) is 2.48. The van der Waals surface area contributed by atoms with E-state index in [0.29, 0.717) is 25.2 Å². The van der Waals surface area contributed by atoms with Gasteiger partial charge in [-0.3, -0.25) is 0 Å². The molecule has 1 N–H and O–H groups in total. The van der Waals surface area contributed by atoms with Gasteiger partial charge in [0.2, 0.25) is 0 Å². The van der Waals surface area contributed by atoms with Gasteiger partial charge in [0.1, 0.15) is 15.6 Å². The summed E-state index contributed by atoms with van der Waals surface area (Å²) >= 11 is 0. The lowest BCUT2D eigenvalue weighted by Crippen LogP contribution is -2.11. The van der Waals surface area contributed by atoms with E-state index in [0.717, 1.165) is 5.56 Å². The number of rotatable bonds is 8. The van der Waals surface area contributed by atoms with Crippen LogP contribution in [0.5, 0.6) is 5.75 Å². The molecule has 1 atom stereocenters. The number of aliphatic hydroxyl groups excluding tert-OH is 1. The molecule has 1 rings (SSSR count). The van der Waals surface area contributed by atoms with Crippen molar-refractivity contribution < 1.29 is 18.3 Å². The van der Waals surface area contributed by atoms with E-state index in [4.69, 9.17) is 4.74 Å².